The minimum absolute atomic E-state index is 0.112. The van der Waals surface area contributed by atoms with Gasteiger partial charge >= 0.3 is 0 Å². The summed E-state index contributed by atoms with van der Waals surface area (Å²) in [5.41, 5.74) is 13.1. The lowest BCUT2D eigenvalue weighted by molar-refractivity contribution is 0.100. The third-order valence-corrected chi connectivity index (χ3v) is 7.29. The van der Waals surface area contributed by atoms with Crippen LogP contribution in [0.3, 0.4) is 0 Å². The molecule has 0 radical (unpaired) electrons. The van der Waals surface area contributed by atoms with Gasteiger partial charge in [-0.2, -0.15) is 0 Å². The minimum Gasteiger partial charge on any atom is -0.397 e. The van der Waals surface area contributed by atoms with Gasteiger partial charge in [0.2, 0.25) is 0 Å². The Labute approximate surface area is 195 Å². The lowest BCUT2D eigenvalue weighted by Gasteiger charge is -2.24. The molecular weight excluding hydrogens is 426 g/mol. The van der Waals surface area contributed by atoms with Gasteiger partial charge in [-0.15, -0.1) is 11.3 Å². The Balaban J connectivity index is 1.50. The highest BCUT2D eigenvalue weighted by Crippen LogP contribution is 2.41. The van der Waals surface area contributed by atoms with Gasteiger partial charge in [0.1, 0.15) is 9.71 Å². The Bertz CT molecular complexity index is 1460. The Kier molecular flexibility index (Phi) is 4.70. The number of nitrogen functional groups attached to an aromatic ring is 1. The van der Waals surface area contributed by atoms with Crippen molar-refractivity contribution in [3.63, 3.8) is 0 Å². The number of hydrogen-bond donors (Lipinski definition) is 1. The quantitative estimate of drug-likeness (QED) is 0.331. The van der Waals surface area contributed by atoms with Gasteiger partial charge in [-0.1, -0.05) is 66.7 Å². The van der Waals surface area contributed by atoms with Crippen LogP contribution in [0.5, 0.6) is 0 Å². The molecule has 0 atom stereocenters. The van der Waals surface area contributed by atoms with Crippen LogP contribution in [0.15, 0.2) is 91.0 Å². The number of thiophene rings is 1. The van der Waals surface area contributed by atoms with E-state index in [-0.39, 0.29) is 5.91 Å². The summed E-state index contributed by atoms with van der Waals surface area (Å²) in [6.07, 6.45) is 1.78. The van der Waals surface area contributed by atoms with Crippen LogP contribution in [0.2, 0.25) is 0 Å². The van der Waals surface area contributed by atoms with Crippen LogP contribution in [0, 0.1) is 0 Å². The van der Waals surface area contributed by atoms with Crippen LogP contribution >= 0.6 is 11.3 Å². The lowest BCUT2D eigenvalue weighted by Crippen LogP contribution is -2.26. The summed E-state index contributed by atoms with van der Waals surface area (Å²) < 4.78 is 0. The third kappa shape index (κ3) is 3.29. The smallest absolute Gasteiger partial charge is 0.275 e. The van der Waals surface area contributed by atoms with Crippen molar-refractivity contribution >= 4 is 44.5 Å². The number of rotatable bonds is 2. The molecule has 5 heteroatoms. The second-order valence-corrected chi connectivity index (χ2v) is 9.16. The first-order chi connectivity index (χ1) is 16.2. The lowest BCUT2D eigenvalue weighted by atomic mass is 10.0. The minimum atomic E-state index is -0.112. The maximum atomic E-state index is 14.1. The molecule has 3 aromatic carbocycles. The van der Waals surface area contributed by atoms with Gasteiger partial charge in [-0.05, 0) is 48.2 Å². The summed E-state index contributed by atoms with van der Waals surface area (Å²) in [5, 5.41) is 0.819. The standard InChI is InChI=1S/C28H21N3OS/c29-25-21-16-17-22(18-8-2-1-3-9-18)30-27(21)33-26(25)28(32)31-23-12-6-4-10-19(23)14-15-20-11-5-7-13-24(20)31/h1-13,16-17H,14-15,29H2. The molecule has 2 aromatic heterocycles. The molecule has 0 aliphatic carbocycles. The normalized spacial score (nSPS) is 12.8. The average molecular weight is 448 g/mol. The van der Waals surface area contributed by atoms with Gasteiger partial charge in [0.25, 0.3) is 5.91 Å². The molecule has 6 rings (SSSR count). The van der Waals surface area contributed by atoms with Crippen molar-refractivity contribution in [3.05, 3.63) is 107 Å². The van der Waals surface area contributed by atoms with Gasteiger partial charge in [0.15, 0.2) is 0 Å². The number of fused-ring (bicyclic) bond motifs is 3. The molecule has 0 saturated carbocycles. The number of aryl methyl sites for hydroxylation is 2. The molecule has 0 saturated heterocycles. The largest absolute Gasteiger partial charge is 0.397 e. The fraction of sp³-hybridized carbons (Fsp3) is 0.0714. The molecule has 4 nitrogen and oxygen atoms in total. The van der Waals surface area contributed by atoms with Crippen molar-refractivity contribution in [1.29, 1.82) is 0 Å². The van der Waals surface area contributed by atoms with Crippen LogP contribution in [-0.4, -0.2) is 10.9 Å². The monoisotopic (exact) mass is 447 g/mol. The van der Waals surface area contributed by atoms with E-state index in [2.05, 4.69) is 12.1 Å². The first-order valence-electron chi connectivity index (χ1n) is 11.0. The Hall–Kier alpha value is -3.96. The van der Waals surface area contributed by atoms with Crippen molar-refractivity contribution in [1.82, 2.24) is 4.98 Å². The summed E-state index contributed by atoms with van der Waals surface area (Å²) in [6, 6.07) is 30.2. The highest BCUT2D eigenvalue weighted by molar-refractivity contribution is 7.21. The molecule has 0 spiro atoms. The van der Waals surface area contributed by atoms with Gasteiger partial charge in [0, 0.05) is 10.9 Å². The summed E-state index contributed by atoms with van der Waals surface area (Å²) in [7, 11) is 0. The number of benzene rings is 3. The number of aromatic nitrogens is 1. The van der Waals surface area contributed by atoms with E-state index in [1.807, 2.05) is 83.8 Å². The highest BCUT2D eigenvalue weighted by atomic mass is 32.1. The zero-order valence-corrected chi connectivity index (χ0v) is 18.7. The zero-order chi connectivity index (χ0) is 22.4. The first kappa shape index (κ1) is 19.7. The average Bonchev–Trinajstić information content (AvgIpc) is 3.10. The number of anilines is 3. The summed E-state index contributed by atoms with van der Waals surface area (Å²) in [5.74, 6) is -0.112. The number of nitrogens with two attached hydrogens (primary N) is 1. The van der Waals surface area contributed by atoms with Crippen molar-refractivity contribution < 1.29 is 4.79 Å². The Morgan fingerprint density at radius 1 is 0.788 bits per heavy atom. The summed E-state index contributed by atoms with van der Waals surface area (Å²) in [4.78, 5) is 22.0. The number of carbonyl (C=O) groups excluding carboxylic acids is 1. The maximum Gasteiger partial charge on any atom is 0.275 e. The number of carbonyl (C=O) groups is 1. The van der Waals surface area contributed by atoms with E-state index in [9.17, 15) is 4.79 Å². The second-order valence-electron chi connectivity index (χ2n) is 8.16. The van der Waals surface area contributed by atoms with Gasteiger partial charge in [-0.25, -0.2) is 4.98 Å². The van der Waals surface area contributed by atoms with Gasteiger partial charge < -0.3 is 5.73 Å². The van der Waals surface area contributed by atoms with E-state index in [0.717, 1.165) is 56.8 Å². The van der Waals surface area contributed by atoms with Crippen LogP contribution in [0.25, 0.3) is 21.5 Å². The molecule has 3 heterocycles. The van der Waals surface area contributed by atoms with Crippen molar-refractivity contribution in [2.75, 3.05) is 10.6 Å². The molecule has 1 aliphatic rings. The zero-order valence-electron chi connectivity index (χ0n) is 17.9. The van der Waals surface area contributed by atoms with E-state index in [0.29, 0.717) is 10.6 Å². The SMILES string of the molecule is Nc1c(C(=O)N2c3ccccc3CCc3ccccc32)sc2nc(-c3ccccc3)ccc12. The molecule has 1 aliphatic heterocycles. The molecule has 0 fully saturated rings. The summed E-state index contributed by atoms with van der Waals surface area (Å²) in [6.45, 7) is 0. The molecule has 0 unspecified atom stereocenters. The molecule has 1 amide bonds. The van der Waals surface area contributed by atoms with E-state index < -0.39 is 0 Å². The number of nitrogens with zero attached hydrogens (tertiary/aromatic N) is 2. The topological polar surface area (TPSA) is 59.2 Å². The fourth-order valence-corrected chi connectivity index (χ4v) is 5.55. The van der Waals surface area contributed by atoms with Crippen molar-refractivity contribution in [2.24, 2.45) is 0 Å². The van der Waals surface area contributed by atoms with Crippen LogP contribution in [0.1, 0.15) is 20.8 Å². The predicted molar refractivity (Wildman–Crippen MR) is 136 cm³/mol. The third-order valence-electron chi connectivity index (χ3n) is 6.19. The van der Waals surface area contributed by atoms with Gasteiger partial charge in [-0.3, -0.25) is 9.69 Å². The van der Waals surface area contributed by atoms with E-state index in [4.69, 9.17) is 10.7 Å². The van der Waals surface area contributed by atoms with Gasteiger partial charge in [0.05, 0.1) is 22.8 Å². The van der Waals surface area contributed by atoms with Crippen LogP contribution in [-0.2, 0) is 12.8 Å². The first-order valence-corrected chi connectivity index (χ1v) is 11.8. The van der Waals surface area contributed by atoms with Crippen LogP contribution in [0.4, 0.5) is 17.1 Å². The molecule has 5 aromatic rings. The van der Waals surface area contributed by atoms with E-state index in [1.165, 1.54) is 11.3 Å². The molecule has 33 heavy (non-hydrogen) atoms. The summed E-state index contributed by atoms with van der Waals surface area (Å²) >= 11 is 1.36. The van der Waals surface area contributed by atoms with Crippen molar-refractivity contribution in [2.45, 2.75) is 12.8 Å². The fourth-order valence-electron chi connectivity index (χ4n) is 4.53. The van der Waals surface area contributed by atoms with Crippen LogP contribution < -0.4 is 10.6 Å². The number of para-hydroxylation sites is 2. The van der Waals surface area contributed by atoms with E-state index in [1.54, 1.807) is 0 Å². The molecule has 2 N–H and O–H groups in total. The van der Waals surface area contributed by atoms with Crippen molar-refractivity contribution in [3.8, 4) is 11.3 Å². The molecule has 160 valence electrons. The number of hydrogen-bond acceptors (Lipinski definition) is 4. The van der Waals surface area contributed by atoms with E-state index >= 15 is 0 Å². The highest BCUT2D eigenvalue weighted by Gasteiger charge is 2.29. The maximum absolute atomic E-state index is 14.1. The Morgan fingerprint density at radius 3 is 2.06 bits per heavy atom. The second kappa shape index (κ2) is 7.87. The predicted octanol–water partition coefficient (Wildman–Crippen LogP) is 6.62. The Morgan fingerprint density at radius 2 is 1.39 bits per heavy atom. The molecular formula is C28H21N3OS. The molecule has 0 bridgehead atoms. The number of amides is 1. The number of pyridine rings is 1.